The van der Waals surface area contributed by atoms with Crippen LogP contribution in [0.3, 0.4) is 0 Å². The molecule has 5 amide bonds. The number of hydrogen-bond donors (Lipinski definition) is 10. The average molecular weight is 602 g/mol. The number of aliphatic carboxylic acids is 3. The summed E-state index contributed by atoms with van der Waals surface area (Å²) in [5.41, 5.74) is 11.0. The van der Waals surface area contributed by atoms with E-state index in [4.69, 9.17) is 11.5 Å². The molecule has 0 radical (unpaired) electrons. The predicted molar refractivity (Wildman–Crippen MR) is 142 cm³/mol. The zero-order valence-electron chi connectivity index (χ0n) is 22.9. The SMILES string of the molecule is NCCCC[C@@H]1NC(=O)[C@H](CC(=O)O)NC(=O)[C@H](CCCCN)NC(=O)[C@H](CC(=O)O)NC(=O)[C@H](CC(=O)O)NC1=O. The van der Waals surface area contributed by atoms with Gasteiger partial charge in [0.2, 0.25) is 29.5 Å². The van der Waals surface area contributed by atoms with Crippen LogP contribution >= 0.6 is 0 Å². The molecule has 0 aromatic heterocycles. The molecule has 12 N–H and O–H groups in total. The van der Waals surface area contributed by atoms with Crippen molar-refractivity contribution in [3.05, 3.63) is 0 Å². The fourth-order valence-corrected chi connectivity index (χ4v) is 4.04. The predicted octanol–water partition coefficient (Wildman–Crippen LogP) is -3.89. The van der Waals surface area contributed by atoms with E-state index in [1.54, 1.807) is 0 Å². The fourth-order valence-electron chi connectivity index (χ4n) is 4.04. The summed E-state index contributed by atoms with van der Waals surface area (Å²) in [5, 5.41) is 39.2. The summed E-state index contributed by atoms with van der Waals surface area (Å²) >= 11 is 0. The van der Waals surface area contributed by atoms with Crippen molar-refractivity contribution in [2.75, 3.05) is 13.1 Å². The standard InChI is InChI=1S/C24H39N7O11/c25-7-3-1-5-12-20(38)29-14(9-17(32)33)22(40)27-13(6-2-4-8-26)21(39)30-16(11-19(36)37)24(42)31-15(10-18(34)35)23(41)28-12/h12-16H,1-11,25-26H2,(H,27,40)(H,28,41)(H,29,38)(H,30,39)(H,31,42)(H,32,33)(H,34,35)(H,36,37)/t12-,13-,14-,15-,16-/m0/s1. The molecule has 18 heteroatoms. The van der Waals surface area contributed by atoms with Gasteiger partial charge in [0.1, 0.15) is 30.2 Å². The maximum absolute atomic E-state index is 13.2. The molecule has 0 saturated carbocycles. The Hall–Kier alpha value is -4.32. The maximum atomic E-state index is 13.2. The second kappa shape index (κ2) is 18.2. The molecule has 0 bridgehead atoms. The molecule has 1 aliphatic rings. The highest BCUT2D eigenvalue weighted by molar-refractivity contribution is 6.00. The zero-order valence-corrected chi connectivity index (χ0v) is 22.9. The van der Waals surface area contributed by atoms with E-state index in [1.807, 2.05) is 0 Å². The molecule has 5 atom stereocenters. The van der Waals surface area contributed by atoms with Gasteiger partial charge in [-0.3, -0.25) is 38.4 Å². The summed E-state index contributed by atoms with van der Waals surface area (Å²) in [5.74, 6) is -9.92. The summed E-state index contributed by atoms with van der Waals surface area (Å²) in [4.78, 5) is 99.9. The normalized spacial score (nSPS) is 24.1. The lowest BCUT2D eigenvalue weighted by atomic mass is 10.0. The van der Waals surface area contributed by atoms with E-state index in [0.717, 1.165) is 0 Å². The molecule has 1 rings (SSSR count). The van der Waals surface area contributed by atoms with Gasteiger partial charge in [-0.15, -0.1) is 0 Å². The Bertz CT molecular complexity index is 1000. The minimum Gasteiger partial charge on any atom is -0.481 e. The van der Waals surface area contributed by atoms with Crippen molar-refractivity contribution in [3.8, 4) is 0 Å². The van der Waals surface area contributed by atoms with Gasteiger partial charge in [0.05, 0.1) is 19.3 Å². The third kappa shape index (κ3) is 12.9. The van der Waals surface area contributed by atoms with Crippen molar-refractivity contribution in [1.82, 2.24) is 26.6 Å². The van der Waals surface area contributed by atoms with Crippen molar-refractivity contribution in [2.45, 2.75) is 88.0 Å². The Balaban J connectivity index is 3.60. The monoisotopic (exact) mass is 601 g/mol. The van der Waals surface area contributed by atoms with Gasteiger partial charge in [-0.05, 0) is 51.6 Å². The van der Waals surface area contributed by atoms with Gasteiger partial charge >= 0.3 is 17.9 Å². The second-order valence-corrected chi connectivity index (χ2v) is 9.67. The summed E-state index contributed by atoms with van der Waals surface area (Å²) in [7, 11) is 0. The Kier molecular flexibility index (Phi) is 15.5. The number of nitrogens with two attached hydrogens (primary N) is 2. The number of carboxylic acids is 3. The fraction of sp³-hybridized carbons (Fsp3) is 0.667. The first kappa shape index (κ1) is 35.7. The molecular weight excluding hydrogens is 562 g/mol. The van der Waals surface area contributed by atoms with Gasteiger partial charge in [-0.25, -0.2) is 0 Å². The van der Waals surface area contributed by atoms with E-state index in [0.29, 0.717) is 25.7 Å². The van der Waals surface area contributed by atoms with Crippen LogP contribution in [0.2, 0.25) is 0 Å². The molecule has 0 aromatic rings. The van der Waals surface area contributed by atoms with Gasteiger partial charge in [0.15, 0.2) is 0 Å². The molecule has 236 valence electrons. The van der Waals surface area contributed by atoms with Crippen molar-refractivity contribution in [1.29, 1.82) is 0 Å². The van der Waals surface area contributed by atoms with E-state index in [9.17, 15) is 53.7 Å². The largest absolute Gasteiger partial charge is 0.481 e. The van der Waals surface area contributed by atoms with E-state index in [1.165, 1.54) is 0 Å². The quantitative estimate of drug-likeness (QED) is 0.0852. The zero-order chi connectivity index (χ0) is 31.8. The molecule has 0 aromatic carbocycles. The first-order valence-corrected chi connectivity index (χ1v) is 13.4. The molecule has 42 heavy (non-hydrogen) atoms. The summed E-state index contributed by atoms with van der Waals surface area (Å²) < 4.78 is 0. The highest BCUT2D eigenvalue weighted by Gasteiger charge is 2.36. The maximum Gasteiger partial charge on any atom is 0.305 e. The van der Waals surface area contributed by atoms with Crippen LogP contribution in [-0.4, -0.2) is 106 Å². The van der Waals surface area contributed by atoms with Crippen LogP contribution in [0.15, 0.2) is 0 Å². The number of nitrogens with one attached hydrogen (secondary N) is 5. The third-order valence-electron chi connectivity index (χ3n) is 6.19. The topological polar surface area (TPSA) is 309 Å². The summed E-state index contributed by atoms with van der Waals surface area (Å²) in [6.07, 6.45) is -1.50. The van der Waals surface area contributed by atoms with E-state index < -0.39 is 96.9 Å². The Morgan fingerprint density at radius 1 is 0.476 bits per heavy atom. The first-order chi connectivity index (χ1) is 19.8. The number of hydrogen-bond acceptors (Lipinski definition) is 10. The van der Waals surface area contributed by atoms with E-state index in [2.05, 4.69) is 26.6 Å². The Morgan fingerprint density at radius 3 is 0.952 bits per heavy atom. The lowest BCUT2D eigenvalue weighted by Gasteiger charge is -2.25. The molecule has 1 saturated heterocycles. The molecule has 1 aliphatic heterocycles. The van der Waals surface area contributed by atoms with Crippen LogP contribution in [0, 0.1) is 0 Å². The minimum atomic E-state index is -1.80. The van der Waals surface area contributed by atoms with Crippen LogP contribution in [0.5, 0.6) is 0 Å². The lowest BCUT2D eigenvalue weighted by molar-refractivity contribution is -0.143. The molecular formula is C24H39N7O11. The van der Waals surface area contributed by atoms with Gasteiger partial charge in [0.25, 0.3) is 0 Å². The second-order valence-electron chi connectivity index (χ2n) is 9.67. The third-order valence-corrected chi connectivity index (χ3v) is 6.19. The van der Waals surface area contributed by atoms with Crippen LogP contribution < -0.4 is 38.1 Å². The number of amides is 5. The molecule has 1 fully saturated rings. The highest BCUT2D eigenvalue weighted by Crippen LogP contribution is 2.09. The molecule has 0 aliphatic carbocycles. The minimum absolute atomic E-state index is 0.0483. The number of unbranched alkanes of at least 4 members (excludes halogenated alkanes) is 2. The van der Waals surface area contributed by atoms with Crippen LogP contribution in [0.25, 0.3) is 0 Å². The van der Waals surface area contributed by atoms with Crippen molar-refractivity contribution >= 4 is 47.4 Å². The Morgan fingerprint density at radius 2 is 0.714 bits per heavy atom. The average Bonchev–Trinajstić information content (AvgIpc) is 2.89. The Labute approximate surface area is 240 Å². The lowest BCUT2D eigenvalue weighted by Crippen LogP contribution is -2.58. The molecule has 1 heterocycles. The molecule has 0 unspecified atom stereocenters. The first-order valence-electron chi connectivity index (χ1n) is 13.4. The van der Waals surface area contributed by atoms with Gasteiger partial charge in [0, 0.05) is 0 Å². The van der Waals surface area contributed by atoms with Gasteiger partial charge in [-0.2, -0.15) is 0 Å². The van der Waals surface area contributed by atoms with E-state index >= 15 is 0 Å². The van der Waals surface area contributed by atoms with Crippen molar-refractivity contribution in [3.63, 3.8) is 0 Å². The smallest absolute Gasteiger partial charge is 0.305 e. The van der Waals surface area contributed by atoms with E-state index in [-0.39, 0.29) is 25.9 Å². The molecule has 0 spiro atoms. The number of carboxylic acid groups (broad SMARTS) is 3. The van der Waals surface area contributed by atoms with Gasteiger partial charge in [-0.1, -0.05) is 0 Å². The number of rotatable bonds is 14. The van der Waals surface area contributed by atoms with Crippen LogP contribution in [0.1, 0.15) is 57.8 Å². The summed E-state index contributed by atoms with van der Waals surface area (Å²) in [6.45, 7) is 0.475. The number of carbonyl (C=O) groups is 8. The number of carbonyl (C=O) groups excluding carboxylic acids is 5. The molecule has 18 nitrogen and oxygen atoms in total. The van der Waals surface area contributed by atoms with Crippen molar-refractivity contribution in [2.24, 2.45) is 11.5 Å². The van der Waals surface area contributed by atoms with Crippen LogP contribution in [0.4, 0.5) is 0 Å². The summed E-state index contributed by atoms with van der Waals surface area (Å²) in [6, 6.07) is -8.10. The van der Waals surface area contributed by atoms with Crippen molar-refractivity contribution < 1.29 is 53.7 Å². The van der Waals surface area contributed by atoms with Crippen LogP contribution in [-0.2, 0) is 38.4 Å². The highest BCUT2D eigenvalue weighted by atomic mass is 16.4. The van der Waals surface area contributed by atoms with Gasteiger partial charge < -0.3 is 53.4 Å².